The first-order valence-corrected chi connectivity index (χ1v) is 10.4. The molecule has 1 fully saturated rings. The summed E-state index contributed by atoms with van der Waals surface area (Å²) in [7, 11) is 4.75. The predicted octanol–water partition coefficient (Wildman–Crippen LogP) is 2.86. The number of ether oxygens (including phenoxy) is 3. The summed E-state index contributed by atoms with van der Waals surface area (Å²) in [6.07, 6.45) is 1.05. The van der Waals surface area contributed by atoms with E-state index in [1.54, 1.807) is 21.3 Å². The second-order valence-corrected chi connectivity index (χ2v) is 7.50. The van der Waals surface area contributed by atoms with Crippen LogP contribution in [0.3, 0.4) is 0 Å². The van der Waals surface area contributed by atoms with E-state index in [0.29, 0.717) is 35.7 Å². The lowest BCUT2D eigenvalue weighted by Gasteiger charge is -2.35. The third-order valence-corrected chi connectivity index (χ3v) is 5.57. The van der Waals surface area contributed by atoms with Crippen LogP contribution >= 0.6 is 0 Å². The van der Waals surface area contributed by atoms with Gasteiger partial charge in [-0.1, -0.05) is 12.1 Å². The molecule has 0 N–H and O–H groups in total. The maximum absolute atomic E-state index is 12.7. The van der Waals surface area contributed by atoms with Crippen LogP contribution in [0.4, 0.5) is 0 Å². The van der Waals surface area contributed by atoms with Crippen molar-refractivity contribution in [2.75, 3.05) is 47.5 Å². The lowest BCUT2D eigenvalue weighted by atomic mass is 10.1. The van der Waals surface area contributed by atoms with Gasteiger partial charge in [-0.2, -0.15) is 5.26 Å². The lowest BCUT2D eigenvalue weighted by Crippen LogP contribution is -2.48. The van der Waals surface area contributed by atoms with Crippen molar-refractivity contribution in [3.05, 3.63) is 53.1 Å². The van der Waals surface area contributed by atoms with E-state index in [9.17, 15) is 4.79 Å². The average molecular weight is 424 g/mol. The lowest BCUT2D eigenvalue weighted by molar-refractivity contribution is -0.133. The van der Waals surface area contributed by atoms with E-state index >= 15 is 0 Å². The van der Waals surface area contributed by atoms with Gasteiger partial charge < -0.3 is 19.1 Å². The highest BCUT2D eigenvalue weighted by Crippen LogP contribution is 2.38. The van der Waals surface area contributed by atoms with Gasteiger partial charge in [0.25, 0.3) is 0 Å². The van der Waals surface area contributed by atoms with Crippen LogP contribution in [0.2, 0.25) is 0 Å². The molecule has 0 spiro atoms. The third-order valence-electron chi connectivity index (χ3n) is 5.57. The minimum absolute atomic E-state index is 0.159. The standard InChI is InChI=1S/C24H29N3O4/c1-29-21-14-20(15-22(30-2)24(21)31-3)8-9-23(28)27-12-10-26(11-13-27)17-19-6-4-18(16-25)5-7-19/h4-7,14-15H,8-13,17H2,1-3H3. The highest BCUT2D eigenvalue weighted by Gasteiger charge is 2.21. The number of hydrogen-bond donors (Lipinski definition) is 0. The van der Waals surface area contributed by atoms with Gasteiger partial charge in [0.1, 0.15) is 0 Å². The Balaban J connectivity index is 1.50. The summed E-state index contributed by atoms with van der Waals surface area (Å²) in [6.45, 7) is 3.97. The van der Waals surface area contributed by atoms with Crippen LogP contribution in [0, 0.1) is 11.3 Å². The predicted molar refractivity (Wildman–Crippen MR) is 117 cm³/mol. The number of nitrogens with zero attached hydrogens (tertiary/aromatic N) is 3. The van der Waals surface area contributed by atoms with Crippen LogP contribution in [0.5, 0.6) is 17.2 Å². The maximum atomic E-state index is 12.7. The van der Waals surface area contributed by atoms with E-state index in [2.05, 4.69) is 11.0 Å². The Bertz CT molecular complexity index is 904. The van der Waals surface area contributed by atoms with Gasteiger partial charge in [0.05, 0.1) is 33.0 Å². The first-order valence-electron chi connectivity index (χ1n) is 10.4. The van der Waals surface area contributed by atoms with Crippen molar-refractivity contribution in [2.45, 2.75) is 19.4 Å². The molecule has 31 heavy (non-hydrogen) atoms. The average Bonchev–Trinajstić information content (AvgIpc) is 2.82. The Morgan fingerprint density at radius 1 is 0.935 bits per heavy atom. The van der Waals surface area contributed by atoms with Crippen LogP contribution in [0.15, 0.2) is 36.4 Å². The second-order valence-electron chi connectivity index (χ2n) is 7.50. The summed E-state index contributed by atoms with van der Waals surface area (Å²) in [5.74, 6) is 1.91. The van der Waals surface area contributed by atoms with E-state index in [1.807, 2.05) is 41.3 Å². The Labute approximate surface area is 183 Å². The maximum Gasteiger partial charge on any atom is 0.222 e. The molecule has 7 nitrogen and oxygen atoms in total. The van der Waals surface area contributed by atoms with Crippen LogP contribution < -0.4 is 14.2 Å². The third kappa shape index (κ3) is 5.68. The summed E-state index contributed by atoms with van der Waals surface area (Å²) >= 11 is 0. The van der Waals surface area contributed by atoms with Crippen molar-refractivity contribution < 1.29 is 19.0 Å². The molecule has 7 heteroatoms. The molecule has 0 radical (unpaired) electrons. The van der Waals surface area contributed by atoms with Crippen LogP contribution in [-0.2, 0) is 17.8 Å². The van der Waals surface area contributed by atoms with Crippen molar-refractivity contribution in [3.8, 4) is 23.3 Å². The van der Waals surface area contributed by atoms with Crippen molar-refractivity contribution in [3.63, 3.8) is 0 Å². The largest absolute Gasteiger partial charge is 0.493 e. The van der Waals surface area contributed by atoms with E-state index in [0.717, 1.165) is 38.3 Å². The number of methoxy groups -OCH3 is 3. The fourth-order valence-corrected chi connectivity index (χ4v) is 3.79. The molecule has 0 aliphatic carbocycles. The van der Waals surface area contributed by atoms with E-state index in [4.69, 9.17) is 19.5 Å². The molecule has 1 saturated heterocycles. The molecule has 1 amide bonds. The van der Waals surface area contributed by atoms with E-state index < -0.39 is 0 Å². The molecule has 0 unspecified atom stereocenters. The minimum atomic E-state index is 0.159. The van der Waals surface area contributed by atoms with Gasteiger partial charge in [0.2, 0.25) is 11.7 Å². The summed E-state index contributed by atoms with van der Waals surface area (Å²) in [6, 6.07) is 13.6. The molecule has 2 aromatic carbocycles. The number of carbonyl (C=O) groups excluding carboxylic acids is 1. The quantitative estimate of drug-likeness (QED) is 0.650. The highest BCUT2D eigenvalue weighted by atomic mass is 16.5. The molecule has 1 heterocycles. The van der Waals surface area contributed by atoms with Crippen LogP contribution in [-0.4, -0.2) is 63.2 Å². The smallest absolute Gasteiger partial charge is 0.222 e. The number of carbonyl (C=O) groups is 1. The number of nitriles is 1. The normalized spacial score (nSPS) is 14.1. The molecule has 0 aromatic heterocycles. The SMILES string of the molecule is COc1cc(CCC(=O)N2CCN(Cc3ccc(C#N)cc3)CC2)cc(OC)c1OC. The summed E-state index contributed by atoms with van der Waals surface area (Å²) in [5.41, 5.74) is 2.83. The van der Waals surface area contributed by atoms with Gasteiger partial charge in [0.15, 0.2) is 11.5 Å². The summed E-state index contributed by atoms with van der Waals surface area (Å²) in [5, 5.41) is 8.91. The van der Waals surface area contributed by atoms with Gasteiger partial charge >= 0.3 is 0 Å². The number of benzene rings is 2. The number of rotatable bonds is 8. The van der Waals surface area contributed by atoms with Crippen LogP contribution in [0.1, 0.15) is 23.1 Å². The fourth-order valence-electron chi connectivity index (χ4n) is 3.79. The van der Waals surface area contributed by atoms with Gasteiger partial charge in [0, 0.05) is 39.1 Å². The molecule has 0 atom stereocenters. The Morgan fingerprint density at radius 2 is 1.55 bits per heavy atom. The number of aryl methyl sites for hydroxylation is 1. The Kier molecular flexibility index (Phi) is 7.74. The monoisotopic (exact) mass is 423 g/mol. The Hall–Kier alpha value is -3.24. The van der Waals surface area contributed by atoms with Gasteiger partial charge in [-0.05, 0) is 41.8 Å². The zero-order chi connectivity index (χ0) is 22.2. The molecular weight excluding hydrogens is 394 g/mol. The van der Waals surface area contributed by atoms with E-state index in [-0.39, 0.29) is 5.91 Å². The zero-order valence-electron chi connectivity index (χ0n) is 18.4. The van der Waals surface area contributed by atoms with Crippen molar-refractivity contribution in [1.82, 2.24) is 9.80 Å². The fraction of sp³-hybridized carbons (Fsp3) is 0.417. The molecule has 0 bridgehead atoms. The van der Waals surface area contributed by atoms with Gasteiger partial charge in [-0.15, -0.1) is 0 Å². The number of amides is 1. The highest BCUT2D eigenvalue weighted by molar-refractivity contribution is 5.76. The molecule has 1 aliphatic heterocycles. The number of piperazine rings is 1. The molecule has 0 saturated carbocycles. The summed E-state index contributed by atoms with van der Waals surface area (Å²) in [4.78, 5) is 17.0. The van der Waals surface area contributed by atoms with Crippen molar-refractivity contribution in [1.29, 1.82) is 5.26 Å². The molecular formula is C24H29N3O4. The molecule has 2 aromatic rings. The van der Waals surface area contributed by atoms with Crippen LogP contribution in [0.25, 0.3) is 0 Å². The zero-order valence-corrected chi connectivity index (χ0v) is 18.4. The Morgan fingerprint density at radius 3 is 2.06 bits per heavy atom. The van der Waals surface area contributed by atoms with Gasteiger partial charge in [-0.25, -0.2) is 0 Å². The first kappa shape index (κ1) is 22.4. The topological polar surface area (TPSA) is 75.0 Å². The molecule has 3 rings (SSSR count). The second kappa shape index (κ2) is 10.7. The summed E-state index contributed by atoms with van der Waals surface area (Å²) < 4.78 is 16.1. The van der Waals surface area contributed by atoms with Crippen molar-refractivity contribution >= 4 is 5.91 Å². The minimum Gasteiger partial charge on any atom is -0.493 e. The molecule has 164 valence electrons. The van der Waals surface area contributed by atoms with E-state index in [1.165, 1.54) is 5.56 Å². The number of hydrogen-bond acceptors (Lipinski definition) is 6. The van der Waals surface area contributed by atoms with Gasteiger partial charge in [-0.3, -0.25) is 9.69 Å². The van der Waals surface area contributed by atoms with Crippen molar-refractivity contribution in [2.24, 2.45) is 0 Å². The first-order chi connectivity index (χ1) is 15.1. The molecule has 1 aliphatic rings.